The number of carbonyl (C=O) groups excluding carboxylic acids is 2. The summed E-state index contributed by atoms with van der Waals surface area (Å²) in [5, 5.41) is 8.39. The summed E-state index contributed by atoms with van der Waals surface area (Å²) in [7, 11) is 1.56. The summed E-state index contributed by atoms with van der Waals surface area (Å²) >= 11 is 0. The Kier molecular flexibility index (Phi) is 7.70. The minimum Gasteiger partial charge on any atom is -0.493 e. The number of ether oxygens (including phenoxy) is 2. The van der Waals surface area contributed by atoms with E-state index in [1.807, 2.05) is 66.7 Å². The summed E-state index contributed by atoms with van der Waals surface area (Å²) < 4.78 is 11.3. The van der Waals surface area contributed by atoms with Crippen LogP contribution in [0.1, 0.15) is 21.5 Å². The first-order valence-electron chi connectivity index (χ1n) is 11.1. The Morgan fingerprint density at radius 2 is 1.66 bits per heavy atom. The van der Waals surface area contributed by atoms with Crippen LogP contribution in [0.4, 0.5) is 0 Å². The van der Waals surface area contributed by atoms with Gasteiger partial charge < -0.3 is 14.8 Å². The zero-order chi connectivity index (χ0) is 24.5. The molecule has 0 fully saturated rings. The van der Waals surface area contributed by atoms with E-state index in [0.29, 0.717) is 29.2 Å². The lowest BCUT2D eigenvalue weighted by molar-refractivity contribution is -0.120. The van der Waals surface area contributed by atoms with Crippen LogP contribution in [0.5, 0.6) is 11.5 Å². The van der Waals surface area contributed by atoms with Gasteiger partial charge in [-0.05, 0) is 46.2 Å². The monoisotopic (exact) mass is 467 g/mol. The molecule has 2 N–H and O–H groups in total. The standard InChI is InChI=1S/C28H25N3O4/c1-34-26-16-21(14-15-25(26)35-19-20-8-3-2-4-9-20)17-30-31-27(32)18-29-28(33)24-13-7-11-22-10-5-6-12-23(22)24/h2-17H,18-19H2,1H3,(H,29,33)(H,31,32)/b30-17+. The van der Waals surface area contributed by atoms with E-state index in [-0.39, 0.29) is 12.5 Å². The van der Waals surface area contributed by atoms with Gasteiger partial charge in [0, 0.05) is 5.56 Å². The molecule has 0 saturated heterocycles. The predicted octanol–water partition coefficient (Wildman–Crippen LogP) is 4.31. The third kappa shape index (κ3) is 6.23. The van der Waals surface area contributed by atoms with Crippen LogP contribution in [0.25, 0.3) is 10.8 Å². The van der Waals surface area contributed by atoms with E-state index < -0.39 is 5.91 Å². The normalized spacial score (nSPS) is 10.8. The molecule has 4 aromatic carbocycles. The van der Waals surface area contributed by atoms with Crippen molar-refractivity contribution in [3.05, 3.63) is 108 Å². The highest BCUT2D eigenvalue weighted by Crippen LogP contribution is 2.28. The molecule has 0 aliphatic rings. The highest BCUT2D eigenvalue weighted by Gasteiger charge is 2.11. The Morgan fingerprint density at radius 1 is 0.886 bits per heavy atom. The minimum atomic E-state index is -0.440. The average Bonchev–Trinajstić information content (AvgIpc) is 2.91. The summed E-state index contributed by atoms with van der Waals surface area (Å²) in [4.78, 5) is 24.7. The average molecular weight is 468 g/mol. The molecule has 0 saturated carbocycles. The van der Waals surface area contributed by atoms with Crippen molar-refractivity contribution in [1.82, 2.24) is 10.7 Å². The maximum Gasteiger partial charge on any atom is 0.259 e. The van der Waals surface area contributed by atoms with Crippen LogP contribution >= 0.6 is 0 Å². The fourth-order valence-corrected chi connectivity index (χ4v) is 3.52. The number of fused-ring (bicyclic) bond motifs is 1. The number of nitrogens with zero attached hydrogens (tertiary/aromatic N) is 1. The van der Waals surface area contributed by atoms with Crippen molar-refractivity contribution >= 4 is 28.8 Å². The van der Waals surface area contributed by atoms with Crippen molar-refractivity contribution in [1.29, 1.82) is 0 Å². The molecule has 0 aliphatic carbocycles. The molecule has 0 bridgehead atoms. The van der Waals surface area contributed by atoms with Gasteiger partial charge in [0.05, 0.1) is 19.9 Å². The molecule has 0 aromatic heterocycles. The summed E-state index contributed by atoms with van der Waals surface area (Å²) in [6, 6.07) is 28.3. The van der Waals surface area contributed by atoms with Gasteiger partial charge in [-0.25, -0.2) is 5.43 Å². The van der Waals surface area contributed by atoms with E-state index in [1.54, 1.807) is 31.4 Å². The first-order chi connectivity index (χ1) is 17.1. The van der Waals surface area contributed by atoms with Gasteiger partial charge >= 0.3 is 0 Å². The number of nitrogens with one attached hydrogen (secondary N) is 2. The summed E-state index contributed by atoms with van der Waals surface area (Å²) in [5.74, 6) is 0.397. The molecule has 2 amide bonds. The molecule has 7 heteroatoms. The lowest BCUT2D eigenvalue weighted by Crippen LogP contribution is -2.35. The van der Waals surface area contributed by atoms with Gasteiger partial charge in [0.2, 0.25) is 0 Å². The molecule has 0 aliphatic heterocycles. The number of hydrazone groups is 1. The van der Waals surface area contributed by atoms with Crippen LogP contribution in [0.3, 0.4) is 0 Å². The molecule has 35 heavy (non-hydrogen) atoms. The molecule has 0 unspecified atom stereocenters. The SMILES string of the molecule is COc1cc(/C=N/NC(=O)CNC(=O)c2cccc3ccccc23)ccc1OCc1ccccc1. The lowest BCUT2D eigenvalue weighted by Gasteiger charge is -2.11. The minimum absolute atomic E-state index is 0.199. The zero-order valence-corrected chi connectivity index (χ0v) is 19.2. The van der Waals surface area contributed by atoms with Crippen LogP contribution < -0.4 is 20.2 Å². The van der Waals surface area contributed by atoms with Crippen molar-refractivity contribution in [2.75, 3.05) is 13.7 Å². The van der Waals surface area contributed by atoms with E-state index in [4.69, 9.17) is 9.47 Å². The van der Waals surface area contributed by atoms with Crippen molar-refractivity contribution < 1.29 is 19.1 Å². The topological polar surface area (TPSA) is 89.0 Å². The van der Waals surface area contributed by atoms with Crippen molar-refractivity contribution in [2.24, 2.45) is 5.10 Å². The second-order valence-electron chi connectivity index (χ2n) is 7.69. The lowest BCUT2D eigenvalue weighted by atomic mass is 10.0. The Labute approximate surface area is 203 Å². The maximum atomic E-state index is 12.5. The molecule has 4 rings (SSSR count). The van der Waals surface area contributed by atoms with Gasteiger partial charge in [-0.1, -0.05) is 66.7 Å². The first kappa shape index (κ1) is 23.5. The van der Waals surface area contributed by atoms with E-state index in [0.717, 1.165) is 16.3 Å². The Balaban J connectivity index is 1.29. The zero-order valence-electron chi connectivity index (χ0n) is 19.2. The van der Waals surface area contributed by atoms with E-state index in [2.05, 4.69) is 15.8 Å². The third-order valence-electron chi connectivity index (χ3n) is 5.27. The van der Waals surface area contributed by atoms with Crippen LogP contribution in [0.15, 0.2) is 96.1 Å². The molecular formula is C28H25N3O4. The number of benzene rings is 4. The molecule has 0 heterocycles. The van der Waals surface area contributed by atoms with Gasteiger partial charge in [-0.3, -0.25) is 9.59 Å². The Bertz CT molecular complexity index is 1350. The molecule has 0 spiro atoms. The number of methoxy groups -OCH3 is 1. The summed E-state index contributed by atoms with van der Waals surface area (Å²) in [5.41, 5.74) is 4.70. The molecule has 0 atom stereocenters. The van der Waals surface area contributed by atoms with Crippen molar-refractivity contribution in [3.8, 4) is 11.5 Å². The van der Waals surface area contributed by atoms with Gasteiger partial charge in [-0.15, -0.1) is 0 Å². The Morgan fingerprint density at radius 3 is 2.49 bits per heavy atom. The number of amides is 2. The Hall–Kier alpha value is -4.65. The molecule has 4 aromatic rings. The highest BCUT2D eigenvalue weighted by molar-refractivity contribution is 6.07. The first-order valence-corrected chi connectivity index (χ1v) is 11.1. The molecule has 7 nitrogen and oxygen atoms in total. The van der Waals surface area contributed by atoms with Gasteiger partial charge in [0.25, 0.3) is 11.8 Å². The van der Waals surface area contributed by atoms with Crippen molar-refractivity contribution in [3.63, 3.8) is 0 Å². The van der Waals surface area contributed by atoms with Crippen LogP contribution in [-0.4, -0.2) is 31.7 Å². The molecule has 0 radical (unpaired) electrons. The number of hydrogen-bond donors (Lipinski definition) is 2. The number of carbonyl (C=O) groups is 2. The van der Waals surface area contributed by atoms with Crippen LogP contribution in [0.2, 0.25) is 0 Å². The third-order valence-corrected chi connectivity index (χ3v) is 5.27. The van der Waals surface area contributed by atoms with E-state index in [1.165, 1.54) is 6.21 Å². The van der Waals surface area contributed by atoms with Crippen LogP contribution in [0, 0.1) is 0 Å². The fourth-order valence-electron chi connectivity index (χ4n) is 3.52. The van der Waals surface area contributed by atoms with Crippen molar-refractivity contribution in [2.45, 2.75) is 6.61 Å². The van der Waals surface area contributed by atoms with Gasteiger partial charge in [0.15, 0.2) is 11.5 Å². The summed E-state index contributed by atoms with van der Waals surface area (Å²) in [6.45, 7) is 0.222. The largest absolute Gasteiger partial charge is 0.493 e. The smallest absolute Gasteiger partial charge is 0.259 e. The number of hydrogen-bond acceptors (Lipinski definition) is 5. The van der Waals surface area contributed by atoms with Gasteiger partial charge in [0.1, 0.15) is 6.61 Å². The quantitative estimate of drug-likeness (QED) is 0.284. The highest BCUT2D eigenvalue weighted by atomic mass is 16.5. The fraction of sp³-hybridized carbons (Fsp3) is 0.107. The molecule has 176 valence electrons. The second kappa shape index (κ2) is 11.5. The second-order valence-corrected chi connectivity index (χ2v) is 7.69. The van der Waals surface area contributed by atoms with E-state index >= 15 is 0 Å². The molecular weight excluding hydrogens is 442 g/mol. The predicted molar refractivity (Wildman–Crippen MR) is 136 cm³/mol. The van der Waals surface area contributed by atoms with Gasteiger partial charge in [-0.2, -0.15) is 5.10 Å². The summed E-state index contributed by atoms with van der Waals surface area (Å²) in [6.07, 6.45) is 1.49. The van der Waals surface area contributed by atoms with Crippen LogP contribution in [-0.2, 0) is 11.4 Å². The number of rotatable bonds is 9. The van der Waals surface area contributed by atoms with E-state index in [9.17, 15) is 9.59 Å². The maximum absolute atomic E-state index is 12.5.